The monoisotopic (exact) mass is 467 g/mol. The van der Waals surface area contributed by atoms with Gasteiger partial charge in [-0.1, -0.05) is 27.2 Å². The average Bonchev–Trinajstić information content (AvgIpc) is 3.20. The lowest BCUT2D eigenvalue weighted by Gasteiger charge is -2.20. The number of anilines is 1. The van der Waals surface area contributed by atoms with Crippen LogP contribution >= 0.6 is 0 Å². The molecule has 0 aliphatic carbocycles. The standard InChI is InChI=1S/C21H30FN5O6/c1-7-9-26-14-17(24-20(23-11(4)28)25-18(14)31-6)27(21(26)30)19-16(32-12(5)29)13(22)15(33-19)10(3)8-2/h10,13,15-16,19H,7-9H2,1-6H3,(H,23,24,25,28)/t10-,13-,15+,16+,19+/m0/s1. The van der Waals surface area contributed by atoms with E-state index in [4.69, 9.17) is 14.2 Å². The molecule has 1 aliphatic rings. The van der Waals surface area contributed by atoms with Crippen molar-refractivity contribution in [3.63, 3.8) is 0 Å². The molecule has 5 atom stereocenters. The summed E-state index contributed by atoms with van der Waals surface area (Å²) in [6.07, 6.45) is -3.93. The van der Waals surface area contributed by atoms with Crippen LogP contribution in [-0.2, 0) is 25.6 Å². The number of carbonyl (C=O) groups excluding carboxylic acids is 2. The molecule has 33 heavy (non-hydrogen) atoms. The summed E-state index contributed by atoms with van der Waals surface area (Å²) in [7, 11) is 1.38. The smallest absolute Gasteiger partial charge is 0.332 e. The number of hydrogen-bond donors (Lipinski definition) is 1. The van der Waals surface area contributed by atoms with Gasteiger partial charge in [-0.25, -0.2) is 13.8 Å². The summed E-state index contributed by atoms with van der Waals surface area (Å²) >= 11 is 0. The van der Waals surface area contributed by atoms with Gasteiger partial charge in [-0.15, -0.1) is 0 Å². The molecule has 2 aromatic rings. The number of amides is 1. The minimum absolute atomic E-state index is 0.0605. The van der Waals surface area contributed by atoms with E-state index in [2.05, 4.69) is 15.3 Å². The average molecular weight is 467 g/mol. The predicted molar refractivity (Wildman–Crippen MR) is 117 cm³/mol. The lowest BCUT2D eigenvalue weighted by Crippen LogP contribution is -2.37. The predicted octanol–water partition coefficient (Wildman–Crippen LogP) is 2.18. The first-order valence-corrected chi connectivity index (χ1v) is 11.0. The summed E-state index contributed by atoms with van der Waals surface area (Å²) in [5.41, 5.74) is -0.201. The number of ether oxygens (including phenoxy) is 3. The van der Waals surface area contributed by atoms with E-state index < -0.39 is 42.2 Å². The summed E-state index contributed by atoms with van der Waals surface area (Å²) in [5, 5.41) is 2.47. The van der Waals surface area contributed by atoms with Crippen LogP contribution in [0.15, 0.2) is 4.79 Å². The molecule has 0 unspecified atom stereocenters. The number of alkyl halides is 1. The van der Waals surface area contributed by atoms with E-state index in [1.807, 2.05) is 20.8 Å². The Hall–Kier alpha value is -3.02. The van der Waals surface area contributed by atoms with Crippen molar-refractivity contribution < 1.29 is 28.2 Å². The van der Waals surface area contributed by atoms with E-state index in [1.54, 1.807) is 0 Å². The number of esters is 1. The molecular weight excluding hydrogens is 437 g/mol. The third-order valence-corrected chi connectivity index (χ3v) is 5.66. The Morgan fingerprint density at radius 1 is 1.27 bits per heavy atom. The molecule has 0 saturated carbocycles. The third-order valence-electron chi connectivity index (χ3n) is 5.66. The number of nitrogens with zero attached hydrogens (tertiary/aromatic N) is 4. The maximum atomic E-state index is 15.4. The Kier molecular flexibility index (Phi) is 7.35. The number of halogens is 1. The van der Waals surface area contributed by atoms with Gasteiger partial charge in [0, 0.05) is 20.4 Å². The minimum Gasteiger partial charge on any atom is -0.479 e. The van der Waals surface area contributed by atoms with Crippen molar-refractivity contribution >= 4 is 29.0 Å². The second-order valence-corrected chi connectivity index (χ2v) is 8.11. The van der Waals surface area contributed by atoms with Crippen molar-refractivity contribution in [3.8, 4) is 5.88 Å². The second kappa shape index (κ2) is 9.86. The molecular formula is C21H30FN5O6. The molecule has 182 valence electrons. The lowest BCUT2D eigenvalue weighted by molar-refractivity contribution is -0.154. The number of rotatable bonds is 8. The van der Waals surface area contributed by atoms with Crippen LogP contribution in [-0.4, -0.2) is 56.5 Å². The van der Waals surface area contributed by atoms with E-state index in [-0.39, 0.29) is 28.9 Å². The van der Waals surface area contributed by atoms with Gasteiger partial charge in [0.1, 0.15) is 0 Å². The maximum absolute atomic E-state index is 15.4. The summed E-state index contributed by atoms with van der Waals surface area (Å²) < 4.78 is 34.7. The Labute approximate surface area is 190 Å². The first-order chi connectivity index (χ1) is 15.6. The first kappa shape index (κ1) is 24.6. The molecule has 1 fully saturated rings. The van der Waals surface area contributed by atoms with Crippen molar-refractivity contribution in [1.29, 1.82) is 0 Å². The Bertz CT molecular complexity index is 1100. The van der Waals surface area contributed by atoms with Crippen molar-refractivity contribution in [3.05, 3.63) is 10.5 Å². The zero-order valence-corrected chi connectivity index (χ0v) is 19.6. The Morgan fingerprint density at radius 3 is 2.52 bits per heavy atom. The summed E-state index contributed by atoms with van der Waals surface area (Å²) in [6.45, 7) is 8.37. The summed E-state index contributed by atoms with van der Waals surface area (Å²) in [5.74, 6) is -1.34. The number of imidazole rings is 1. The van der Waals surface area contributed by atoms with Crippen LogP contribution in [0.5, 0.6) is 5.88 Å². The zero-order chi connectivity index (χ0) is 24.4. The molecule has 0 spiro atoms. The lowest BCUT2D eigenvalue weighted by atomic mass is 9.97. The molecule has 2 aromatic heterocycles. The van der Waals surface area contributed by atoms with E-state index in [1.165, 1.54) is 25.5 Å². The van der Waals surface area contributed by atoms with Gasteiger partial charge in [0.25, 0.3) is 0 Å². The highest BCUT2D eigenvalue weighted by molar-refractivity contribution is 5.88. The number of nitrogens with one attached hydrogen (secondary N) is 1. The number of methoxy groups -OCH3 is 1. The number of hydrogen-bond acceptors (Lipinski definition) is 8. The quantitative estimate of drug-likeness (QED) is 0.586. The maximum Gasteiger partial charge on any atom is 0.332 e. The van der Waals surface area contributed by atoms with Crippen molar-refractivity contribution in [1.82, 2.24) is 19.1 Å². The van der Waals surface area contributed by atoms with Gasteiger partial charge in [0.05, 0.1) is 13.2 Å². The van der Waals surface area contributed by atoms with E-state index in [9.17, 15) is 14.4 Å². The highest BCUT2D eigenvalue weighted by Crippen LogP contribution is 2.39. The van der Waals surface area contributed by atoms with Gasteiger partial charge in [-0.05, 0) is 12.3 Å². The number of fused-ring (bicyclic) bond motifs is 1. The third kappa shape index (κ3) is 4.56. The van der Waals surface area contributed by atoms with Crippen LogP contribution in [0.2, 0.25) is 0 Å². The van der Waals surface area contributed by atoms with Gasteiger partial charge >= 0.3 is 11.7 Å². The van der Waals surface area contributed by atoms with Gasteiger partial charge in [-0.2, -0.15) is 9.97 Å². The van der Waals surface area contributed by atoms with Crippen molar-refractivity contribution in [2.45, 2.75) is 78.6 Å². The largest absolute Gasteiger partial charge is 0.479 e. The molecule has 3 heterocycles. The molecule has 0 radical (unpaired) electrons. The fourth-order valence-electron chi connectivity index (χ4n) is 4.02. The number of aromatic nitrogens is 4. The molecule has 1 amide bonds. The van der Waals surface area contributed by atoms with Crippen molar-refractivity contribution in [2.24, 2.45) is 5.92 Å². The molecule has 1 N–H and O–H groups in total. The van der Waals surface area contributed by atoms with E-state index >= 15 is 4.39 Å². The van der Waals surface area contributed by atoms with Crippen LogP contribution in [0.25, 0.3) is 11.2 Å². The summed E-state index contributed by atoms with van der Waals surface area (Å²) in [6, 6.07) is 0. The van der Waals surface area contributed by atoms with E-state index in [0.29, 0.717) is 19.4 Å². The van der Waals surface area contributed by atoms with Crippen LogP contribution in [0.4, 0.5) is 10.3 Å². The molecule has 0 bridgehead atoms. The minimum atomic E-state index is -1.65. The number of carbonyl (C=O) groups is 2. The van der Waals surface area contributed by atoms with Crippen molar-refractivity contribution in [2.75, 3.05) is 12.4 Å². The van der Waals surface area contributed by atoms with Crippen LogP contribution in [0.3, 0.4) is 0 Å². The molecule has 1 aliphatic heterocycles. The fraction of sp³-hybridized carbons (Fsp3) is 0.667. The molecule has 0 aromatic carbocycles. The summed E-state index contributed by atoms with van der Waals surface area (Å²) in [4.78, 5) is 45.4. The topological polar surface area (TPSA) is 127 Å². The van der Waals surface area contributed by atoms with Gasteiger partial charge < -0.3 is 14.2 Å². The van der Waals surface area contributed by atoms with Crippen LogP contribution in [0.1, 0.15) is 53.7 Å². The van der Waals surface area contributed by atoms with Gasteiger partial charge in [0.15, 0.2) is 29.7 Å². The van der Waals surface area contributed by atoms with Crippen LogP contribution < -0.4 is 15.7 Å². The molecule has 11 nitrogen and oxygen atoms in total. The van der Waals surface area contributed by atoms with Gasteiger partial charge in [0.2, 0.25) is 17.7 Å². The first-order valence-electron chi connectivity index (χ1n) is 11.0. The normalized spacial score (nSPS) is 23.5. The SMILES string of the molecule is CCCn1c(=O)n([C@@H]2O[C@H]([C@@H](C)CC)[C@H](F)[C@H]2OC(C)=O)c2nc(NC(C)=O)nc(OC)c21. The zero-order valence-electron chi connectivity index (χ0n) is 19.6. The fourth-order valence-corrected chi connectivity index (χ4v) is 4.02. The Morgan fingerprint density at radius 2 is 1.97 bits per heavy atom. The van der Waals surface area contributed by atoms with E-state index in [0.717, 1.165) is 4.57 Å². The molecule has 3 rings (SSSR count). The molecule has 1 saturated heterocycles. The highest BCUT2D eigenvalue weighted by Gasteiger charge is 2.51. The number of aryl methyl sites for hydroxylation is 1. The second-order valence-electron chi connectivity index (χ2n) is 8.11. The van der Waals surface area contributed by atoms with Gasteiger partial charge in [-0.3, -0.25) is 19.5 Å². The Balaban J connectivity index is 2.29. The molecule has 12 heteroatoms. The van der Waals surface area contributed by atoms with Crippen LogP contribution in [0, 0.1) is 5.92 Å². The highest BCUT2D eigenvalue weighted by atomic mass is 19.1.